The number of halogens is 6. The molecule has 0 radical (unpaired) electrons. The standard InChI is InChI=1S/C24H25F6N5O3S/c25-23(26,27)20-10-19(11-21(12-20)24(28,29)30)22(36)33-39(37,38)35(14-17-4-2-1-3-5-17)15-18-8-6-16(7-9-18)13-32-34-31/h1-5,10-12,16,18H,6-9,13-15H2,(H,33,36). The maximum atomic E-state index is 13.3. The Bertz CT molecular complexity index is 1270. The molecule has 0 bridgehead atoms. The van der Waals surface area contributed by atoms with E-state index in [9.17, 15) is 39.6 Å². The van der Waals surface area contributed by atoms with E-state index in [1.54, 1.807) is 35.1 Å². The Balaban J connectivity index is 1.85. The fourth-order valence-electron chi connectivity index (χ4n) is 4.40. The van der Waals surface area contributed by atoms with E-state index in [2.05, 4.69) is 10.0 Å². The molecule has 1 N–H and O–H groups in total. The molecule has 1 fully saturated rings. The molecule has 1 saturated carbocycles. The van der Waals surface area contributed by atoms with Crippen LogP contribution in [-0.2, 0) is 29.1 Å². The maximum absolute atomic E-state index is 13.3. The van der Waals surface area contributed by atoms with E-state index >= 15 is 0 Å². The molecular formula is C24H25F6N5O3S. The van der Waals surface area contributed by atoms with Crippen LogP contribution in [0.5, 0.6) is 0 Å². The number of hydrogen-bond donors (Lipinski definition) is 1. The van der Waals surface area contributed by atoms with Crippen molar-refractivity contribution >= 4 is 16.1 Å². The Morgan fingerprint density at radius 2 is 1.49 bits per heavy atom. The highest BCUT2D eigenvalue weighted by Gasteiger charge is 2.38. The van der Waals surface area contributed by atoms with Crippen LogP contribution in [0, 0.1) is 11.8 Å². The van der Waals surface area contributed by atoms with Gasteiger partial charge in [0, 0.05) is 30.1 Å². The number of carbonyl (C=O) groups is 1. The van der Waals surface area contributed by atoms with E-state index < -0.39 is 45.2 Å². The summed E-state index contributed by atoms with van der Waals surface area (Å²) >= 11 is 0. The number of alkyl halides is 6. The molecule has 0 heterocycles. The fraction of sp³-hybridized carbons (Fsp3) is 0.458. The number of rotatable bonds is 9. The van der Waals surface area contributed by atoms with Gasteiger partial charge >= 0.3 is 22.6 Å². The topological polar surface area (TPSA) is 115 Å². The third-order valence-electron chi connectivity index (χ3n) is 6.44. The van der Waals surface area contributed by atoms with Crippen LogP contribution in [0.15, 0.2) is 53.6 Å². The Morgan fingerprint density at radius 1 is 0.949 bits per heavy atom. The van der Waals surface area contributed by atoms with Gasteiger partial charge in [-0.2, -0.15) is 39.1 Å². The summed E-state index contributed by atoms with van der Waals surface area (Å²) < 4.78 is 108. The first-order valence-corrected chi connectivity index (χ1v) is 13.3. The van der Waals surface area contributed by atoms with Crippen molar-refractivity contribution < 1.29 is 39.6 Å². The summed E-state index contributed by atoms with van der Waals surface area (Å²) in [6, 6.07) is 8.53. The minimum atomic E-state index is -5.20. The molecule has 15 heteroatoms. The molecule has 2 aromatic rings. The van der Waals surface area contributed by atoms with Crippen LogP contribution in [0.2, 0.25) is 0 Å². The zero-order chi connectivity index (χ0) is 28.8. The van der Waals surface area contributed by atoms with Crippen LogP contribution in [0.25, 0.3) is 10.4 Å². The van der Waals surface area contributed by atoms with Crippen LogP contribution in [-0.4, -0.2) is 31.7 Å². The number of nitrogens with zero attached hydrogens (tertiary/aromatic N) is 4. The second-order valence-electron chi connectivity index (χ2n) is 9.31. The average Bonchev–Trinajstić information content (AvgIpc) is 2.87. The lowest BCUT2D eigenvalue weighted by molar-refractivity contribution is -0.143. The Hall–Kier alpha value is -3.29. The molecule has 0 aromatic heterocycles. The van der Waals surface area contributed by atoms with Crippen molar-refractivity contribution in [3.63, 3.8) is 0 Å². The Morgan fingerprint density at radius 3 is 2.00 bits per heavy atom. The number of benzene rings is 2. The molecule has 2 aromatic carbocycles. The SMILES string of the molecule is [N-]=[N+]=NCC1CCC(CN(Cc2ccccc2)S(=O)(=O)NC(=O)c2cc(C(F)(F)F)cc(C(F)(F)F)c2)CC1. The van der Waals surface area contributed by atoms with Gasteiger partial charge in [0.15, 0.2) is 0 Å². The number of hydrogen-bond acceptors (Lipinski definition) is 4. The van der Waals surface area contributed by atoms with Crippen LogP contribution < -0.4 is 4.72 Å². The quantitative estimate of drug-likeness (QED) is 0.163. The summed E-state index contributed by atoms with van der Waals surface area (Å²) in [5.74, 6) is -1.60. The smallest absolute Gasteiger partial charge is 0.268 e. The summed E-state index contributed by atoms with van der Waals surface area (Å²) in [5, 5.41) is 3.57. The molecule has 1 aliphatic carbocycles. The van der Waals surface area contributed by atoms with E-state index in [-0.39, 0.29) is 43.1 Å². The minimum absolute atomic E-state index is 0.0395. The first kappa shape index (κ1) is 30.3. The van der Waals surface area contributed by atoms with E-state index in [1.165, 1.54) is 0 Å². The molecule has 1 aliphatic rings. The normalized spacial score (nSPS) is 18.4. The van der Waals surface area contributed by atoms with Crippen molar-refractivity contribution in [2.45, 2.75) is 44.6 Å². The van der Waals surface area contributed by atoms with Crippen LogP contribution in [0.4, 0.5) is 26.3 Å². The molecule has 0 saturated heterocycles. The highest BCUT2D eigenvalue weighted by Crippen LogP contribution is 2.36. The number of carbonyl (C=O) groups excluding carboxylic acids is 1. The van der Waals surface area contributed by atoms with Gasteiger partial charge in [0.25, 0.3) is 5.91 Å². The average molecular weight is 578 g/mol. The van der Waals surface area contributed by atoms with Gasteiger partial charge < -0.3 is 0 Å². The second kappa shape index (κ2) is 12.3. The van der Waals surface area contributed by atoms with Crippen molar-refractivity contribution in [1.82, 2.24) is 9.03 Å². The van der Waals surface area contributed by atoms with Crippen molar-refractivity contribution in [3.8, 4) is 0 Å². The molecule has 1 amide bonds. The van der Waals surface area contributed by atoms with E-state index in [0.29, 0.717) is 37.8 Å². The number of azide groups is 1. The highest BCUT2D eigenvalue weighted by atomic mass is 32.2. The van der Waals surface area contributed by atoms with Gasteiger partial charge in [-0.3, -0.25) is 4.79 Å². The monoisotopic (exact) mass is 577 g/mol. The molecule has 0 aliphatic heterocycles. The number of amides is 1. The summed E-state index contributed by atoms with van der Waals surface area (Å²) in [7, 11) is -4.69. The summed E-state index contributed by atoms with van der Waals surface area (Å²) in [5.41, 5.74) is 4.49. The van der Waals surface area contributed by atoms with Gasteiger partial charge in [-0.1, -0.05) is 48.3 Å². The lowest BCUT2D eigenvalue weighted by Gasteiger charge is -2.32. The van der Waals surface area contributed by atoms with Crippen molar-refractivity contribution in [3.05, 3.63) is 81.2 Å². The van der Waals surface area contributed by atoms with E-state index in [4.69, 9.17) is 5.53 Å². The molecule has 3 rings (SSSR count). The predicted octanol–water partition coefficient (Wildman–Crippen LogP) is 6.32. The summed E-state index contributed by atoms with van der Waals surface area (Å²) in [4.78, 5) is 15.5. The lowest BCUT2D eigenvalue weighted by atomic mass is 9.82. The Labute approximate surface area is 220 Å². The number of nitrogens with one attached hydrogen (secondary N) is 1. The highest BCUT2D eigenvalue weighted by molar-refractivity contribution is 7.87. The summed E-state index contributed by atoms with van der Waals surface area (Å²) in [6.45, 7) is 0.100. The maximum Gasteiger partial charge on any atom is 0.416 e. The molecular weight excluding hydrogens is 552 g/mol. The molecule has 0 unspecified atom stereocenters. The first-order valence-electron chi connectivity index (χ1n) is 11.9. The lowest BCUT2D eigenvalue weighted by Crippen LogP contribution is -2.45. The van der Waals surface area contributed by atoms with Crippen molar-refractivity contribution in [1.29, 1.82) is 0 Å². The zero-order valence-corrected chi connectivity index (χ0v) is 21.2. The Kier molecular flexibility index (Phi) is 9.51. The van der Waals surface area contributed by atoms with Gasteiger partial charge in [-0.15, -0.1) is 0 Å². The molecule has 0 spiro atoms. The second-order valence-corrected chi connectivity index (χ2v) is 11.0. The molecule has 212 valence electrons. The minimum Gasteiger partial charge on any atom is -0.268 e. The van der Waals surface area contributed by atoms with Gasteiger partial charge in [-0.25, -0.2) is 4.72 Å². The van der Waals surface area contributed by atoms with Gasteiger partial charge in [0.1, 0.15) is 0 Å². The van der Waals surface area contributed by atoms with Gasteiger partial charge in [0.2, 0.25) is 0 Å². The zero-order valence-electron chi connectivity index (χ0n) is 20.4. The third-order valence-corrected chi connectivity index (χ3v) is 7.85. The fourth-order valence-corrected chi connectivity index (χ4v) is 5.61. The summed E-state index contributed by atoms with van der Waals surface area (Å²) in [6.07, 6.45) is -7.84. The van der Waals surface area contributed by atoms with Gasteiger partial charge in [0.05, 0.1) is 11.1 Å². The first-order chi connectivity index (χ1) is 18.2. The van der Waals surface area contributed by atoms with Crippen molar-refractivity contribution in [2.24, 2.45) is 17.0 Å². The predicted molar refractivity (Wildman–Crippen MR) is 129 cm³/mol. The molecule has 0 atom stereocenters. The molecule has 8 nitrogen and oxygen atoms in total. The third kappa shape index (κ3) is 8.60. The molecule has 39 heavy (non-hydrogen) atoms. The van der Waals surface area contributed by atoms with E-state index in [0.717, 1.165) is 4.31 Å². The van der Waals surface area contributed by atoms with Crippen LogP contribution in [0.3, 0.4) is 0 Å². The van der Waals surface area contributed by atoms with Crippen LogP contribution in [0.1, 0.15) is 52.7 Å². The van der Waals surface area contributed by atoms with E-state index in [1.807, 2.05) is 0 Å². The van der Waals surface area contributed by atoms with Crippen LogP contribution >= 0.6 is 0 Å². The van der Waals surface area contributed by atoms with Crippen molar-refractivity contribution in [2.75, 3.05) is 13.1 Å². The largest absolute Gasteiger partial charge is 0.416 e. The van der Waals surface area contributed by atoms with Gasteiger partial charge in [-0.05, 0) is 54.0 Å².